The fourth-order valence-corrected chi connectivity index (χ4v) is 5.05. The molecule has 0 spiro atoms. The Labute approximate surface area is 257 Å². The second-order valence-corrected chi connectivity index (χ2v) is 11.3. The molecule has 8 nitrogen and oxygen atoms in total. The van der Waals surface area contributed by atoms with Gasteiger partial charge in [-0.15, -0.1) is 23.2 Å². The van der Waals surface area contributed by atoms with Gasteiger partial charge in [0.1, 0.15) is 5.75 Å². The Hall–Kier alpha value is -3.04. The summed E-state index contributed by atoms with van der Waals surface area (Å²) in [7, 11) is 1.50. The van der Waals surface area contributed by atoms with Crippen molar-refractivity contribution in [3.8, 4) is 5.75 Å². The van der Waals surface area contributed by atoms with Crippen LogP contribution in [0.2, 0.25) is 10.0 Å². The second-order valence-electron chi connectivity index (χ2n) is 9.35. The molecular weight excluding hydrogens is 616 g/mol. The van der Waals surface area contributed by atoms with E-state index in [0.717, 1.165) is 0 Å². The highest BCUT2D eigenvalue weighted by molar-refractivity contribution is 6.42. The maximum Gasteiger partial charge on any atom is 0.314 e. The van der Waals surface area contributed by atoms with Gasteiger partial charge in [-0.25, -0.2) is 0 Å². The van der Waals surface area contributed by atoms with E-state index < -0.39 is 34.1 Å². The average Bonchev–Trinajstić information content (AvgIpc) is 2.90. The lowest BCUT2D eigenvalue weighted by Gasteiger charge is -2.30. The van der Waals surface area contributed by atoms with E-state index in [2.05, 4.69) is 5.32 Å². The molecule has 41 heavy (non-hydrogen) atoms. The molecule has 1 aliphatic rings. The van der Waals surface area contributed by atoms with E-state index in [1.54, 1.807) is 48.6 Å². The summed E-state index contributed by atoms with van der Waals surface area (Å²) in [4.78, 5) is 47.5. The molecule has 0 aromatic heterocycles. The molecule has 0 heterocycles. The predicted molar refractivity (Wildman–Crippen MR) is 158 cm³/mol. The molecule has 3 rings (SSSR count). The van der Waals surface area contributed by atoms with Crippen LogP contribution in [0, 0.1) is 0 Å². The summed E-state index contributed by atoms with van der Waals surface area (Å²) < 4.78 is 10.2. The number of benzene rings is 2. The zero-order valence-electron chi connectivity index (χ0n) is 21.9. The van der Waals surface area contributed by atoms with Gasteiger partial charge in [0.2, 0.25) is 5.91 Å². The SMILES string of the molecule is COc1ccccc1NC(=O)CC1(Cl)C=CC(CCC(=O)OC(=O)CC(CC(=O)O)c2ccc(Cl)c(Cl)c2)=CC1Cl. The van der Waals surface area contributed by atoms with Crippen LogP contribution in [0.3, 0.4) is 0 Å². The predicted octanol–water partition coefficient (Wildman–Crippen LogP) is 6.91. The van der Waals surface area contributed by atoms with Crippen molar-refractivity contribution in [2.75, 3.05) is 12.4 Å². The summed E-state index contributed by atoms with van der Waals surface area (Å²) in [5, 5.41) is 11.8. The number of halogens is 4. The Balaban J connectivity index is 1.52. The van der Waals surface area contributed by atoms with Gasteiger partial charge in [0, 0.05) is 5.92 Å². The molecule has 2 aromatic rings. The van der Waals surface area contributed by atoms with Gasteiger partial charge in [-0.3, -0.25) is 19.2 Å². The average molecular weight is 643 g/mol. The lowest BCUT2D eigenvalue weighted by Crippen LogP contribution is -2.36. The molecule has 218 valence electrons. The topological polar surface area (TPSA) is 119 Å². The van der Waals surface area contributed by atoms with Crippen molar-refractivity contribution >= 4 is 75.9 Å². The largest absolute Gasteiger partial charge is 0.495 e. The summed E-state index contributed by atoms with van der Waals surface area (Å²) in [5.74, 6) is -3.39. The molecule has 0 saturated carbocycles. The third-order valence-corrected chi connectivity index (χ3v) is 8.16. The zero-order valence-corrected chi connectivity index (χ0v) is 24.9. The molecule has 12 heteroatoms. The molecular formula is C29H27Cl4NO7. The smallest absolute Gasteiger partial charge is 0.314 e. The molecule has 0 fully saturated rings. The van der Waals surface area contributed by atoms with Crippen LogP contribution < -0.4 is 10.1 Å². The molecule has 1 amide bonds. The number of amides is 1. The lowest BCUT2D eigenvalue weighted by molar-refractivity contribution is -0.159. The van der Waals surface area contributed by atoms with Crippen LogP contribution in [0.15, 0.2) is 66.3 Å². The number of esters is 2. The minimum Gasteiger partial charge on any atom is -0.495 e. The minimum absolute atomic E-state index is 0.117. The van der Waals surface area contributed by atoms with Crippen LogP contribution in [-0.2, 0) is 23.9 Å². The summed E-state index contributed by atoms with van der Waals surface area (Å²) in [5.41, 5.74) is 1.66. The van der Waals surface area contributed by atoms with E-state index in [0.29, 0.717) is 22.6 Å². The lowest BCUT2D eigenvalue weighted by atomic mass is 9.90. The number of alkyl halides is 2. The number of carbonyl (C=O) groups excluding carboxylic acids is 3. The highest BCUT2D eigenvalue weighted by atomic mass is 35.5. The Kier molecular flexibility index (Phi) is 11.7. The fourth-order valence-electron chi connectivity index (χ4n) is 4.18. The molecule has 1 aliphatic carbocycles. The van der Waals surface area contributed by atoms with Crippen molar-refractivity contribution in [3.05, 3.63) is 81.9 Å². The normalized spacial score (nSPS) is 18.7. The van der Waals surface area contributed by atoms with Crippen molar-refractivity contribution in [2.45, 2.75) is 48.3 Å². The number of para-hydroxylation sites is 2. The van der Waals surface area contributed by atoms with E-state index in [1.165, 1.54) is 19.2 Å². The van der Waals surface area contributed by atoms with Crippen LogP contribution in [0.5, 0.6) is 5.75 Å². The van der Waals surface area contributed by atoms with E-state index in [1.807, 2.05) is 0 Å². The van der Waals surface area contributed by atoms with Gasteiger partial charge in [0.15, 0.2) is 0 Å². The number of carbonyl (C=O) groups is 4. The van der Waals surface area contributed by atoms with Crippen LogP contribution in [0.25, 0.3) is 0 Å². The number of methoxy groups -OCH3 is 1. The molecule has 2 aromatic carbocycles. The van der Waals surface area contributed by atoms with Gasteiger partial charge >= 0.3 is 17.9 Å². The van der Waals surface area contributed by atoms with Gasteiger partial charge in [-0.1, -0.05) is 65.2 Å². The molecule has 0 bridgehead atoms. The molecule has 0 radical (unpaired) electrons. The van der Waals surface area contributed by atoms with E-state index in [-0.39, 0.29) is 48.1 Å². The van der Waals surface area contributed by atoms with Gasteiger partial charge in [0.05, 0.1) is 58.8 Å². The summed E-state index contributed by atoms with van der Waals surface area (Å²) in [6.07, 6.45) is 4.17. The van der Waals surface area contributed by atoms with Crippen molar-refractivity contribution < 1.29 is 33.8 Å². The van der Waals surface area contributed by atoms with E-state index in [9.17, 15) is 24.3 Å². The number of hydrogen-bond donors (Lipinski definition) is 2. The molecule has 2 N–H and O–H groups in total. The Bertz CT molecular complexity index is 1380. The molecule has 3 unspecified atom stereocenters. The fraction of sp³-hybridized carbons (Fsp3) is 0.310. The van der Waals surface area contributed by atoms with Gasteiger partial charge < -0.3 is 19.9 Å². The van der Waals surface area contributed by atoms with Gasteiger partial charge in [0.25, 0.3) is 0 Å². The van der Waals surface area contributed by atoms with Gasteiger partial charge in [-0.05, 0) is 36.2 Å². The third-order valence-electron chi connectivity index (χ3n) is 6.30. The van der Waals surface area contributed by atoms with Gasteiger partial charge in [-0.2, -0.15) is 0 Å². The highest BCUT2D eigenvalue weighted by Gasteiger charge is 2.37. The molecule has 3 atom stereocenters. The first-order valence-corrected chi connectivity index (χ1v) is 14.0. The van der Waals surface area contributed by atoms with Crippen LogP contribution in [-0.4, -0.2) is 46.3 Å². The summed E-state index contributed by atoms with van der Waals surface area (Å²) in [6, 6.07) is 11.5. The maximum absolute atomic E-state index is 12.7. The standard InChI is InChI=1S/C29H27Cl4NO7/c1-40-23-5-3-2-4-22(23)34-25(35)16-29(33)11-10-17(12-24(29)32)6-9-27(38)41-28(39)15-19(14-26(36)37)18-7-8-20(30)21(31)13-18/h2-5,7-8,10-13,19,24H,6,9,14-16H2,1H3,(H,34,35)(H,36,37). The number of ether oxygens (including phenoxy) is 2. The Morgan fingerprint density at radius 1 is 1.05 bits per heavy atom. The first-order chi connectivity index (χ1) is 19.4. The monoisotopic (exact) mass is 641 g/mol. The Morgan fingerprint density at radius 2 is 1.78 bits per heavy atom. The number of allylic oxidation sites excluding steroid dienone is 4. The first-order valence-electron chi connectivity index (χ1n) is 12.5. The number of anilines is 1. The van der Waals surface area contributed by atoms with Crippen molar-refractivity contribution in [1.82, 2.24) is 0 Å². The highest BCUT2D eigenvalue weighted by Crippen LogP contribution is 2.37. The van der Waals surface area contributed by atoms with Crippen molar-refractivity contribution in [3.63, 3.8) is 0 Å². The van der Waals surface area contributed by atoms with Crippen molar-refractivity contribution in [1.29, 1.82) is 0 Å². The number of hydrogen-bond acceptors (Lipinski definition) is 6. The van der Waals surface area contributed by atoms with E-state index >= 15 is 0 Å². The van der Waals surface area contributed by atoms with Crippen LogP contribution >= 0.6 is 46.4 Å². The molecule has 0 saturated heterocycles. The molecule has 0 aliphatic heterocycles. The minimum atomic E-state index is -1.20. The number of nitrogens with one attached hydrogen (secondary N) is 1. The number of rotatable bonds is 12. The number of aliphatic carboxylic acids is 1. The summed E-state index contributed by atoms with van der Waals surface area (Å²) in [6.45, 7) is 0. The number of carboxylic acid groups (broad SMARTS) is 1. The summed E-state index contributed by atoms with van der Waals surface area (Å²) >= 11 is 25.1. The van der Waals surface area contributed by atoms with E-state index in [4.69, 9.17) is 55.9 Å². The van der Waals surface area contributed by atoms with Crippen molar-refractivity contribution in [2.24, 2.45) is 0 Å². The van der Waals surface area contributed by atoms with Crippen LogP contribution in [0.1, 0.15) is 43.6 Å². The number of carboxylic acids is 1. The third kappa shape index (κ3) is 9.50. The maximum atomic E-state index is 12.7. The zero-order chi connectivity index (χ0) is 30.2. The Morgan fingerprint density at radius 3 is 2.44 bits per heavy atom. The first kappa shape index (κ1) is 32.5. The van der Waals surface area contributed by atoms with Crippen LogP contribution in [0.4, 0.5) is 5.69 Å². The second kappa shape index (κ2) is 14.7. The quantitative estimate of drug-likeness (QED) is 0.147.